The molecule has 0 spiro atoms. The highest BCUT2D eigenvalue weighted by atomic mass is 32.2. The van der Waals surface area contributed by atoms with E-state index >= 15 is 0 Å². The Balaban J connectivity index is 1.38. The molecule has 1 N–H and O–H groups in total. The number of carbonyl (C=O) groups is 2. The van der Waals surface area contributed by atoms with Crippen molar-refractivity contribution in [2.24, 2.45) is 0 Å². The molecule has 4 aromatic carbocycles. The van der Waals surface area contributed by atoms with Gasteiger partial charge in [0.25, 0.3) is 5.91 Å². The summed E-state index contributed by atoms with van der Waals surface area (Å²) in [5.41, 5.74) is 1.10. The van der Waals surface area contributed by atoms with Crippen LogP contribution in [0.3, 0.4) is 0 Å². The van der Waals surface area contributed by atoms with Crippen LogP contribution in [0.4, 0.5) is 5.69 Å². The van der Waals surface area contributed by atoms with E-state index in [0.29, 0.717) is 11.3 Å². The predicted molar refractivity (Wildman–Crippen MR) is 120 cm³/mol. The number of hydrogen-bond donors (Lipinski definition) is 1. The summed E-state index contributed by atoms with van der Waals surface area (Å²) < 4.78 is 5.21. The van der Waals surface area contributed by atoms with Crippen molar-refractivity contribution in [1.29, 1.82) is 0 Å². The second-order valence-corrected chi connectivity index (χ2v) is 7.71. The summed E-state index contributed by atoms with van der Waals surface area (Å²) in [6.07, 6.45) is 0. The number of rotatable bonds is 6. The van der Waals surface area contributed by atoms with Gasteiger partial charge < -0.3 is 10.1 Å². The molecule has 148 valence electrons. The first-order valence-corrected chi connectivity index (χ1v) is 10.3. The standard InChI is InChI=1S/C25H19NO3S/c27-24(17-29-25(28)20-15-14-18-8-4-5-9-19(18)16-20)26-22-12-6-7-13-23(22)30-21-10-2-1-3-11-21/h1-16H,17H2,(H,26,27). The third-order valence-corrected chi connectivity index (χ3v) is 5.54. The summed E-state index contributed by atoms with van der Waals surface area (Å²) in [6, 6.07) is 30.5. The molecule has 0 saturated carbocycles. The number of hydrogen-bond acceptors (Lipinski definition) is 4. The third kappa shape index (κ3) is 4.88. The Morgan fingerprint density at radius 1 is 0.767 bits per heavy atom. The zero-order valence-corrected chi connectivity index (χ0v) is 16.9. The lowest BCUT2D eigenvalue weighted by Crippen LogP contribution is -2.21. The van der Waals surface area contributed by atoms with E-state index in [9.17, 15) is 9.59 Å². The molecule has 0 fully saturated rings. The van der Waals surface area contributed by atoms with E-state index in [0.717, 1.165) is 20.6 Å². The number of benzene rings is 4. The summed E-state index contributed by atoms with van der Waals surface area (Å²) in [7, 11) is 0. The molecule has 0 atom stereocenters. The van der Waals surface area contributed by atoms with Crippen LogP contribution in [-0.2, 0) is 9.53 Å². The SMILES string of the molecule is O=C(COC(=O)c1ccc2ccccc2c1)Nc1ccccc1Sc1ccccc1. The highest BCUT2D eigenvalue weighted by Crippen LogP contribution is 2.33. The number of esters is 1. The first kappa shape index (κ1) is 19.7. The lowest BCUT2D eigenvalue weighted by Gasteiger charge is -2.11. The van der Waals surface area contributed by atoms with E-state index in [-0.39, 0.29) is 12.5 Å². The monoisotopic (exact) mass is 413 g/mol. The molecule has 0 unspecified atom stereocenters. The number of ether oxygens (including phenoxy) is 1. The second kappa shape index (κ2) is 9.29. The van der Waals surface area contributed by atoms with E-state index < -0.39 is 5.97 Å². The van der Waals surface area contributed by atoms with E-state index in [2.05, 4.69) is 5.32 Å². The van der Waals surface area contributed by atoms with Crippen molar-refractivity contribution in [3.8, 4) is 0 Å². The highest BCUT2D eigenvalue weighted by molar-refractivity contribution is 7.99. The van der Waals surface area contributed by atoms with Gasteiger partial charge in [-0.3, -0.25) is 4.79 Å². The Morgan fingerprint density at radius 3 is 2.30 bits per heavy atom. The Labute approximate surface area is 178 Å². The number of nitrogens with one attached hydrogen (secondary N) is 1. The molecule has 0 aliphatic heterocycles. The molecule has 0 aliphatic rings. The molecule has 0 aliphatic carbocycles. The topological polar surface area (TPSA) is 55.4 Å². The van der Waals surface area contributed by atoms with Crippen molar-refractivity contribution in [2.45, 2.75) is 9.79 Å². The van der Waals surface area contributed by atoms with Gasteiger partial charge >= 0.3 is 5.97 Å². The van der Waals surface area contributed by atoms with Gasteiger partial charge in [-0.2, -0.15) is 0 Å². The van der Waals surface area contributed by atoms with Gasteiger partial charge in [-0.15, -0.1) is 0 Å². The van der Waals surface area contributed by atoms with Crippen molar-refractivity contribution in [3.63, 3.8) is 0 Å². The molecule has 4 aromatic rings. The van der Waals surface area contributed by atoms with Crippen LogP contribution in [0.15, 0.2) is 107 Å². The van der Waals surface area contributed by atoms with Crippen molar-refractivity contribution < 1.29 is 14.3 Å². The smallest absolute Gasteiger partial charge is 0.338 e. The van der Waals surface area contributed by atoms with Gasteiger partial charge in [-0.05, 0) is 47.2 Å². The van der Waals surface area contributed by atoms with E-state index in [1.54, 1.807) is 23.9 Å². The maximum absolute atomic E-state index is 12.4. The van der Waals surface area contributed by atoms with Crippen molar-refractivity contribution in [3.05, 3.63) is 103 Å². The summed E-state index contributed by atoms with van der Waals surface area (Å²) in [6.45, 7) is -0.351. The predicted octanol–water partition coefficient (Wildman–Crippen LogP) is 5.79. The van der Waals surface area contributed by atoms with Crippen LogP contribution in [0.25, 0.3) is 10.8 Å². The fourth-order valence-electron chi connectivity index (χ4n) is 2.99. The molecule has 0 aromatic heterocycles. The first-order valence-electron chi connectivity index (χ1n) is 9.47. The van der Waals surface area contributed by atoms with Crippen LogP contribution in [-0.4, -0.2) is 18.5 Å². The molecule has 5 heteroatoms. The average Bonchev–Trinajstić information content (AvgIpc) is 2.79. The van der Waals surface area contributed by atoms with Gasteiger partial charge in [0.15, 0.2) is 6.61 Å². The van der Waals surface area contributed by atoms with Crippen LogP contribution >= 0.6 is 11.8 Å². The zero-order valence-electron chi connectivity index (χ0n) is 16.1. The largest absolute Gasteiger partial charge is 0.452 e. The Morgan fingerprint density at radius 2 is 1.47 bits per heavy atom. The highest BCUT2D eigenvalue weighted by Gasteiger charge is 2.12. The lowest BCUT2D eigenvalue weighted by molar-refractivity contribution is -0.119. The maximum atomic E-state index is 12.4. The summed E-state index contributed by atoms with van der Waals surface area (Å²) in [4.78, 5) is 26.7. The van der Waals surface area contributed by atoms with Crippen molar-refractivity contribution >= 4 is 40.1 Å². The minimum atomic E-state index is -0.525. The molecule has 4 rings (SSSR count). The molecular weight excluding hydrogens is 394 g/mol. The van der Waals surface area contributed by atoms with Gasteiger partial charge in [-0.1, -0.05) is 72.4 Å². The number of fused-ring (bicyclic) bond motifs is 1. The fraction of sp³-hybridized carbons (Fsp3) is 0.0400. The molecule has 0 saturated heterocycles. The van der Waals surface area contributed by atoms with Gasteiger partial charge in [0.1, 0.15) is 0 Å². The first-order chi connectivity index (χ1) is 14.7. The van der Waals surface area contributed by atoms with Gasteiger partial charge in [0, 0.05) is 9.79 Å². The van der Waals surface area contributed by atoms with Crippen molar-refractivity contribution in [2.75, 3.05) is 11.9 Å². The van der Waals surface area contributed by atoms with E-state index in [1.165, 1.54) is 0 Å². The van der Waals surface area contributed by atoms with Crippen LogP contribution < -0.4 is 5.32 Å². The van der Waals surface area contributed by atoms with Gasteiger partial charge in [-0.25, -0.2) is 4.79 Å². The van der Waals surface area contributed by atoms with Gasteiger partial charge in [0.05, 0.1) is 11.3 Å². The Kier molecular flexibility index (Phi) is 6.11. The fourth-order valence-corrected chi connectivity index (χ4v) is 3.91. The minimum Gasteiger partial charge on any atom is -0.452 e. The van der Waals surface area contributed by atoms with E-state index in [1.807, 2.05) is 84.9 Å². The molecule has 0 radical (unpaired) electrons. The molecule has 30 heavy (non-hydrogen) atoms. The normalized spacial score (nSPS) is 10.5. The van der Waals surface area contributed by atoms with Gasteiger partial charge in [0.2, 0.25) is 0 Å². The number of amides is 1. The van der Waals surface area contributed by atoms with Crippen molar-refractivity contribution in [1.82, 2.24) is 0 Å². The number of carbonyl (C=O) groups excluding carboxylic acids is 2. The van der Waals surface area contributed by atoms with E-state index in [4.69, 9.17) is 4.74 Å². The summed E-state index contributed by atoms with van der Waals surface area (Å²) in [5, 5.41) is 4.82. The second-order valence-electron chi connectivity index (χ2n) is 6.60. The average molecular weight is 413 g/mol. The molecule has 0 heterocycles. The van der Waals surface area contributed by atoms with Crippen LogP contribution in [0.1, 0.15) is 10.4 Å². The zero-order chi connectivity index (χ0) is 20.8. The van der Waals surface area contributed by atoms with Crippen LogP contribution in [0.2, 0.25) is 0 Å². The number of para-hydroxylation sites is 1. The molecular formula is C25H19NO3S. The molecule has 0 bridgehead atoms. The lowest BCUT2D eigenvalue weighted by atomic mass is 10.1. The Bertz CT molecular complexity index is 1190. The van der Waals surface area contributed by atoms with Crippen LogP contribution in [0, 0.1) is 0 Å². The Hall–Kier alpha value is -3.57. The summed E-state index contributed by atoms with van der Waals surface area (Å²) >= 11 is 1.56. The third-order valence-electron chi connectivity index (χ3n) is 4.45. The quantitative estimate of drug-likeness (QED) is 0.407. The maximum Gasteiger partial charge on any atom is 0.338 e. The molecule has 1 amide bonds. The molecule has 4 nitrogen and oxygen atoms in total. The number of anilines is 1. The summed E-state index contributed by atoms with van der Waals surface area (Å²) in [5.74, 6) is -0.909. The minimum absolute atomic E-state index is 0.351. The van der Waals surface area contributed by atoms with Crippen LogP contribution in [0.5, 0.6) is 0 Å².